The van der Waals surface area contributed by atoms with Crippen molar-refractivity contribution in [3.63, 3.8) is 0 Å². The SMILES string of the molecule is CCC1(C)CCCC12CCCCC2. The summed E-state index contributed by atoms with van der Waals surface area (Å²) in [5.74, 6) is 0. The van der Waals surface area contributed by atoms with Crippen LogP contribution in [0.3, 0.4) is 0 Å². The van der Waals surface area contributed by atoms with Gasteiger partial charge in [0, 0.05) is 0 Å². The van der Waals surface area contributed by atoms with Gasteiger partial charge >= 0.3 is 0 Å². The van der Waals surface area contributed by atoms with Crippen molar-refractivity contribution < 1.29 is 0 Å². The second kappa shape index (κ2) is 3.29. The van der Waals surface area contributed by atoms with E-state index in [4.69, 9.17) is 0 Å². The molecular formula is C13H24. The van der Waals surface area contributed by atoms with Crippen LogP contribution in [0.4, 0.5) is 0 Å². The summed E-state index contributed by atoms with van der Waals surface area (Å²) in [6.07, 6.45) is 13.6. The van der Waals surface area contributed by atoms with Crippen molar-refractivity contribution in [3.05, 3.63) is 0 Å². The average Bonchev–Trinajstić information content (AvgIpc) is 2.47. The zero-order chi connectivity index (χ0) is 9.36. The van der Waals surface area contributed by atoms with Gasteiger partial charge in [-0.25, -0.2) is 0 Å². The first kappa shape index (κ1) is 9.55. The fourth-order valence-electron chi connectivity index (χ4n) is 4.02. The summed E-state index contributed by atoms with van der Waals surface area (Å²) in [6, 6.07) is 0. The van der Waals surface area contributed by atoms with Gasteiger partial charge in [-0.2, -0.15) is 0 Å². The van der Waals surface area contributed by atoms with Gasteiger partial charge in [-0.15, -0.1) is 0 Å². The molecule has 2 aliphatic rings. The Morgan fingerprint density at radius 2 is 1.46 bits per heavy atom. The lowest BCUT2D eigenvalue weighted by atomic mass is 9.59. The van der Waals surface area contributed by atoms with Crippen molar-refractivity contribution in [2.45, 2.75) is 71.6 Å². The van der Waals surface area contributed by atoms with E-state index in [1.165, 1.54) is 57.8 Å². The Bertz CT molecular complexity index is 176. The van der Waals surface area contributed by atoms with E-state index in [0.717, 1.165) is 5.41 Å². The van der Waals surface area contributed by atoms with Gasteiger partial charge in [-0.1, -0.05) is 46.0 Å². The Hall–Kier alpha value is 0. The third-order valence-electron chi connectivity index (χ3n) is 5.26. The maximum Gasteiger partial charge on any atom is -0.0244 e. The first-order valence-corrected chi connectivity index (χ1v) is 6.22. The molecule has 13 heavy (non-hydrogen) atoms. The summed E-state index contributed by atoms with van der Waals surface area (Å²) in [7, 11) is 0. The largest absolute Gasteiger partial charge is 0.0648 e. The summed E-state index contributed by atoms with van der Waals surface area (Å²) in [5, 5.41) is 0. The predicted octanol–water partition coefficient (Wildman–Crippen LogP) is 4.54. The van der Waals surface area contributed by atoms with E-state index in [1.807, 2.05) is 0 Å². The second-order valence-corrected chi connectivity index (χ2v) is 5.61. The van der Waals surface area contributed by atoms with Crippen LogP contribution in [0.5, 0.6) is 0 Å². The van der Waals surface area contributed by atoms with E-state index < -0.39 is 0 Å². The second-order valence-electron chi connectivity index (χ2n) is 5.61. The quantitative estimate of drug-likeness (QED) is 0.556. The van der Waals surface area contributed by atoms with Crippen LogP contribution < -0.4 is 0 Å². The molecule has 0 N–H and O–H groups in total. The van der Waals surface area contributed by atoms with Gasteiger partial charge in [0.2, 0.25) is 0 Å². The first-order valence-electron chi connectivity index (χ1n) is 6.22. The molecule has 1 spiro atoms. The van der Waals surface area contributed by atoms with Crippen LogP contribution in [0.1, 0.15) is 71.6 Å². The molecule has 0 saturated heterocycles. The summed E-state index contributed by atoms with van der Waals surface area (Å²) in [5.41, 5.74) is 1.48. The van der Waals surface area contributed by atoms with E-state index in [1.54, 1.807) is 0 Å². The Morgan fingerprint density at radius 3 is 2.08 bits per heavy atom. The van der Waals surface area contributed by atoms with Crippen LogP contribution in [0.25, 0.3) is 0 Å². The molecule has 0 heteroatoms. The minimum absolute atomic E-state index is 0.702. The Morgan fingerprint density at radius 1 is 0.846 bits per heavy atom. The van der Waals surface area contributed by atoms with Crippen molar-refractivity contribution >= 4 is 0 Å². The van der Waals surface area contributed by atoms with Crippen LogP contribution in [-0.4, -0.2) is 0 Å². The maximum absolute atomic E-state index is 2.56. The molecule has 0 aromatic rings. The molecule has 0 aromatic heterocycles. The fourth-order valence-corrected chi connectivity index (χ4v) is 4.02. The Kier molecular flexibility index (Phi) is 2.42. The van der Waals surface area contributed by atoms with Crippen LogP contribution in [0.15, 0.2) is 0 Å². The minimum Gasteiger partial charge on any atom is -0.0648 e. The molecule has 0 aliphatic heterocycles. The fraction of sp³-hybridized carbons (Fsp3) is 1.00. The van der Waals surface area contributed by atoms with Crippen LogP contribution in [0.2, 0.25) is 0 Å². The van der Waals surface area contributed by atoms with Crippen LogP contribution in [0, 0.1) is 10.8 Å². The van der Waals surface area contributed by atoms with Gasteiger partial charge in [0.25, 0.3) is 0 Å². The zero-order valence-electron chi connectivity index (χ0n) is 9.36. The lowest BCUT2D eigenvalue weighted by Crippen LogP contribution is -2.36. The maximum atomic E-state index is 2.56. The average molecular weight is 180 g/mol. The molecule has 2 saturated carbocycles. The van der Waals surface area contributed by atoms with Gasteiger partial charge in [0.1, 0.15) is 0 Å². The van der Waals surface area contributed by atoms with Gasteiger partial charge in [-0.3, -0.25) is 0 Å². The molecule has 0 bridgehead atoms. The van der Waals surface area contributed by atoms with Crippen molar-refractivity contribution in [2.75, 3.05) is 0 Å². The number of rotatable bonds is 1. The molecule has 0 amide bonds. The topological polar surface area (TPSA) is 0 Å². The molecular weight excluding hydrogens is 156 g/mol. The minimum atomic E-state index is 0.702. The van der Waals surface area contributed by atoms with Crippen LogP contribution in [-0.2, 0) is 0 Å². The highest BCUT2D eigenvalue weighted by Gasteiger charge is 2.49. The van der Waals surface area contributed by atoms with E-state index in [9.17, 15) is 0 Å². The van der Waals surface area contributed by atoms with E-state index >= 15 is 0 Å². The monoisotopic (exact) mass is 180 g/mol. The van der Waals surface area contributed by atoms with Crippen molar-refractivity contribution in [1.82, 2.24) is 0 Å². The normalized spacial score (nSPS) is 38.3. The van der Waals surface area contributed by atoms with Gasteiger partial charge in [0.15, 0.2) is 0 Å². The predicted molar refractivity (Wildman–Crippen MR) is 57.8 cm³/mol. The zero-order valence-corrected chi connectivity index (χ0v) is 9.36. The lowest BCUT2D eigenvalue weighted by Gasteiger charge is -2.46. The van der Waals surface area contributed by atoms with Crippen molar-refractivity contribution in [2.24, 2.45) is 10.8 Å². The van der Waals surface area contributed by atoms with Crippen molar-refractivity contribution in [1.29, 1.82) is 0 Å². The summed E-state index contributed by atoms with van der Waals surface area (Å²) >= 11 is 0. The highest BCUT2D eigenvalue weighted by Crippen LogP contribution is 2.61. The summed E-state index contributed by atoms with van der Waals surface area (Å²) in [6.45, 7) is 4.97. The standard InChI is InChI=1S/C13H24/c1-3-12(2)8-7-11-13(12)9-5-4-6-10-13/h3-11H2,1-2H3. The third-order valence-corrected chi connectivity index (χ3v) is 5.26. The summed E-state index contributed by atoms with van der Waals surface area (Å²) < 4.78 is 0. The molecule has 2 rings (SSSR count). The van der Waals surface area contributed by atoms with E-state index in [0.29, 0.717) is 5.41 Å². The smallest absolute Gasteiger partial charge is 0.0244 e. The number of hydrogen-bond acceptors (Lipinski definition) is 0. The lowest BCUT2D eigenvalue weighted by molar-refractivity contribution is 0.0402. The number of hydrogen-bond donors (Lipinski definition) is 0. The first-order chi connectivity index (χ1) is 6.22. The Balaban J connectivity index is 2.18. The molecule has 76 valence electrons. The molecule has 0 aromatic carbocycles. The third kappa shape index (κ3) is 1.33. The molecule has 2 aliphatic carbocycles. The highest BCUT2D eigenvalue weighted by molar-refractivity contribution is 5.00. The molecule has 0 heterocycles. The van der Waals surface area contributed by atoms with Gasteiger partial charge < -0.3 is 0 Å². The van der Waals surface area contributed by atoms with E-state index in [-0.39, 0.29) is 0 Å². The van der Waals surface area contributed by atoms with Crippen LogP contribution >= 0.6 is 0 Å². The molecule has 1 unspecified atom stereocenters. The van der Waals surface area contributed by atoms with Crippen molar-refractivity contribution in [3.8, 4) is 0 Å². The Labute approximate surface area is 83.1 Å². The molecule has 1 atom stereocenters. The summed E-state index contributed by atoms with van der Waals surface area (Å²) in [4.78, 5) is 0. The molecule has 2 fully saturated rings. The molecule has 0 nitrogen and oxygen atoms in total. The van der Waals surface area contributed by atoms with Gasteiger partial charge in [0.05, 0.1) is 0 Å². The molecule has 0 radical (unpaired) electrons. The van der Waals surface area contributed by atoms with E-state index in [2.05, 4.69) is 13.8 Å². The van der Waals surface area contributed by atoms with Gasteiger partial charge in [-0.05, 0) is 36.5 Å². The highest BCUT2D eigenvalue weighted by atomic mass is 14.5.